The summed E-state index contributed by atoms with van der Waals surface area (Å²) in [5, 5.41) is 8.70. The summed E-state index contributed by atoms with van der Waals surface area (Å²) in [5.41, 5.74) is 0. The third kappa shape index (κ3) is 19.2. The average Bonchev–Trinajstić information content (AvgIpc) is 2.60. The molecule has 0 unspecified atom stereocenters. The smallest absolute Gasteiger partial charge is 0.305 e. The van der Waals surface area contributed by atoms with Crippen molar-refractivity contribution in [2.75, 3.05) is 13.7 Å². The number of unbranched alkanes of at least 4 members (excludes halogenated alkanes) is 13. The minimum absolute atomic E-state index is 0.0816. The molecule has 0 saturated carbocycles. The molecule has 0 aromatic rings. The van der Waals surface area contributed by atoms with Gasteiger partial charge in [-0.1, -0.05) is 69.9 Å². The van der Waals surface area contributed by atoms with Crippen LogP contribution in [-0.2, 0) is 9.53 Å². The highest BCUT2D eigenvalue weighted by Gasteiger charge is 1.98. The second-order valence-corrected chi connectivity index (χ2v) is 6.69. The van der Waals surface area contributed by atoms with Crippen LogP contribution in [0.4, 0.5) is 0 Å². The number of esters is 1. The van der Waals surface area contributed by atoms with Gasteiger partial charge in [0.2, 0.25) is 0 Å². The van der Waals surface area contributed by atoms with Crippen LogP contribution < -0.4 is 0 Å². The van der Waals surface area contributed by atoms with Gasteiger partial charge >= 0.3 is 5.97 Å². The van der Waals surface area contributed by atoms with Gasteiger partial charge in [-0.25, -0.2) is 0 Å². The Morgan fingerprint density at radius 3 is 1.58 bits per heavy atom. The van der Waals surface area contributed by atoms with E-state index in [1.165, 1.54) is 84.2 Å². The van der Waals surface area contributed by atoms with Crippen LogP contribution in [0.25, 0.3) is 0 Å². The standard InChI is InChI=1S/C21H40O3/c1-24-21(23)19-17-15-13-11-9-7-5-3-2-4-6-8-10-12-14-16-18-20-22/h2-3,22H,4-20H2,1H3/b3-2-. The van der Waals surface area contributed by atoms with Crippen molar-refractivity contribution in [1.29, 1.82) is 0 Å². The summed E-state index contributed by atoms with van der Waals surface area (Å²) in [4.78, 5) is 10.9. The Hall–Kier alpha value is -0.830. The van der Waals surface area contributed by atoms with E-state index < -0.39 is 0 Å². The lowest BCUT2D eigenvalue weighted by molar-refractivity contribution is -0.140. The molecule has 0 rings (SSSR count). The van der Waals surface area contributed by atoms with Crippen molar-refractivity contribution >= 4 is 5.97 Å². The Balaban J connectivity index is 3.10. The minimum atomic E-state index is -0.0816. The Kier molecular flexibility index (Phi) is 19.5. The van der Waals surface area contributed by atoms with E-state index in [-0.39, 0.29) is 5.97 Å². The molecule has 24 heavy (non-hydrogen) atoms. The fraction of sp³-hybridized carbons (Fsp3) is 0.857. The summed E-state index contributed by atoms with van der Waals surface area (Å²) in [6.07, 6.45) is 23.7. The summed E-state index contributed by atoms with van der Waals surface area (Å²) in [6, 6.07) is 0. The van der Waals surface area contributed by atoms with Crippen LogP contribution in [0.1, 0.15) is 103 Å². The molecule has 0 aromatic carbocycles. The number of aliphatic hydroxyl groups excluding tert-OH is 1. The van der Waals surface area contributed by atoms with Gasteiger partial charge in [-0.05, 0) is 38.5 Å². The quantitative estimate of drug-likeness (QED) is 0.190. The van der Waals surface area contributed by atoms with Crippen molar-refractivity contribution in [3.63, 3.8) is 0 Å². The average molecular weight is 341 g/mol. The van der Waals surface area contributed by atoms with Crippen LogP contribution in [0.2, 0.25) is 0 Å². The van der Waals surface area contributed by atoms with Gasteiger partial charge in [-0.2, -0.15) is 0 Å². The van der Waals surface area contributed by atoms with E-state index in [2.05, 4.69) is 16.9 Å². The second kappa shape index (κ2) is 20.2. The van der Waals surface area contributed by atoms with Crippen molar-refractivity contribution in [3.8, 4) is 0 Å². The molecule has 0 aromatic heterocycles. The molecule has 0 heterocycles. The lowest BCUT2D eigenvalue weighted by atomic mass is 10.1. The van der Waals surface area contributed by atoms with Crippen LogP contribution in [0.3, 0.4) is 0 Å². The van der Waals surface area contributed by atoms with Crippen LogP contribution in [0, 0.1) is 0 Å². The lowest BCUT2D eigenvalue weighted by Gasteiger charge is -2.01. The maximum Gasteiger partial charge on any atom is 0.305 e. The maximum atomic E-state index is 10.9. The molecule has 0 aliphatic rings. The Labute approximate surface area is 149 Å². The molecule has 3 heteroatoms. The van der Waals surface area contributed by atoms with E-state index in [0.717, 1.165) is 19.3 Å². The molecule has 0 aliphatic carbocycles. The summed E-state index contributed by atoms with van der Waals surface area (Å²) >= 11 is 0. The molecule has 0 atom stereocenters. The number of carbonyl (C=O) groups excluding carboxylic acids is 1. The zero-order valence-electron chi connectivity index (χ0n) is 15.9. The molecule has 0 spiro atoms. The van der Waals surface area contributed by atoms with Gasteiger partial charge in [0.15, 0.2) is 0 Å². The Bertz CT molecular complexity index is 287. The van der Waals surface area contributed by atoms with Gasteiger partial charge in [0.05, 0.1) is 7.11 Å². The first kappa shape index (κ1) is 23.2. The lowest BCUT2D eigenvalue weighted by Crippen LogP contribution is -1.99. The van der Waals surface area contributed by atoms with E-state index in [0.29, 0.717) is 13.0 Å². The fourth-order valence-electron chi connectivity index (χ4n) is 2.83. The van der Waals surface area contributed by atoms with E-state index >= 15 is 0 Å². The Morgan fingerprint density at radius 2 is 1.12 bits per heavy atom. The van der Waals surface area contributed by atoms with Crippen LogP contribution >= 0.6 is 0 Å². The molecule has 0 amide bonds. The van der Waals surface area contributed by atoms with E-state index in [9.17, 15) is 4.79 Å². The van der Waals surface area contributed by atoms with Crippen molar-refractivity contribution in [1.82, 2.24) is 0 Å². The zero-order chi connectivity index (χ0) is 17.7. The molecule has 0 bridgehead atoms. The summed E-state index contributed by atoms with van der Waals surface area (Å²) < 4.78 is 4.63. The molecule has 0 fully saturated rings. The first-order valence-electron chi connectivity index (χ1n) is 10.1. The van der Waals surface area contributed by atoms with E-state index in [4.69, 9.17) is 5.11 Å². The molecular weight excluding hydrogens is 300 g/mol. The predicted octanol–water partition coefficient (Wildman–Crippen LogP) is 5.95. The first-order valence-corrected chi connectivity index (χ1v) is 10.1. The fourth-order valence-corrected chi connectivity index (χ4v) is 2.83. The summed E-state index contributed by atoms with van der Waals surface area (Å²) in [6.45, 7) is 0.347. The minimum Gasteiger partial charge on any atom is -0.469 e. The van der Waals surface area contributed by atoms with Gasteiger partial charge in [0.25, 0.3) is 0 Å². The van der Waals surface area contributed by atoms with E-state index in [1.54, 1.807) is 0 Å². The Morgan fingerprint density at radius 1 is 0.708 bits per heavy atom. The predicted molar refractivity (Wildman–Crippen MR) is 102 cm³/mol. The van der Waals surface area contributed by atoms with Crippen LogP contribution in [0.5, 0.6) is 0 Å². The molecule has 0 radical (unpaired) electrons. The number of ether oxygens (including phenoxy) is 1. The van der Waals surface area contributed by atoms with E-state index in [1.807, 2.05) is 0 Å². The van der Waals surface area contributed by atoms with Crippen molar-refractivity contribution in [2.24, 2.45) is 0 Å². The third-order valence-corrected chi connectivity index (χ3v) is 4.42. The largest absolute Gasteiger partial charge is 0.469 e. The van der Waals surface area contributed by atoms with Crippen LogP contribution in [0.15, 0.2) is 12.2 Å². The highest BCUT2D eigenvalue weighted by Crippen LogP contribution is 2.11. The van der Waals surface area contributed by atoms with Gasteiger partial charge in [-0.3, -0.25) is 4.79 Å². The van der Waals surface area contributed by atoms with Gasteiger partial charge in [0, 0.05) is 13.0 Å². The van der Waals surface area contributed by atoms with Crippen molar-refractivity contribution < 1.29 is 14.6 Å². The second-order valence-electron chi connectivity index (χ2n) is 6.69. The molecule has 0 aliphatic heterocycles. The van der Waals surface area contributed by atoms with Crippen molar-refractivity contribution in [2.45, 2.75) is 103 Å². The monoisotopic (exact) mass is 340 g/mol. The van der Waals surface area contributed by atoms with Gasteiger partial charge in [-0.15, -0.1) is 0 Å². The van der Waals surface area contributed by atoms with Gasteiger partial charge < -0.3 is 9.84 Å². The third-order valence-electron chi connectivity index (χ3n) is 4.42. The molecular formula is C21H40O3. The SMILES string of the molecule is COC(=O)CCCCCCCC/C=C\CCCCCCCCCO. The number of carbonyl (C=O) groups is 1. The number of hydrogen-bond donors (Lipinski definition) is 1. The molecule has 0 saturated heterocycles. The highest BCUT2D eigenvalue weighted by atomic mass is 16.5. The number of methoxy groups -OCH3 is 1. The molecule has 142 valence electrons. The maximum absolute atomic E-state index is 10.9. The normalized spacial score (nSPS) is 11.2. The van der Waals surface area contributed by atoms with Crippen LogP contribution in [-0.4, -0.2) is 24.8 Å². The highest BCUT2D eigenvalue weighted by molar-refractivity contribution is 5.68. The number of allylic oxidation sites excluding steroid dienone is 2. The summed E-state index contributed by atoms with van der Waals surface area (Å²) in [7, 11) is 1.46. The molecule has 3 nitrogen and oxygen atoms in total. The summed E-state index contributed by atoms with van der Waals surface area (Å²) in [5.74, 6) is -0.0816. The number of aliphatic hydroxyl groups is 1. The molecule has 1 N–H and O–H groups in total. The topological polar surface area (TPSA) is 46.5 Å². The van der Waals surface area contributed by atoms with Gasteiger partial charge in [0.1, 0.15) is 0 Å². The first-order chi connectivity index (χ1) is 11.8. The number of rotatable bonds is 18. The number of hydrogen-bond acceptors (Lipinski definition) is 3. The zero-order valence-corrected chi connectivity index (χ0v) is 15.9. The van der Waals surface area contributed by atoms with Crippen molar-refractivity contribution in [3.05, 3.63) is 12.2 Å².